The lowest BCUT2D eigenvalue weighted by molar-refractivity contribution is -0.145. The third-order valence-electron chi connectivity index (χ3n) is 2.60. The first-order chi connectivity index (χ1) is 9.20. The number of aliphatic carboxylic acids is 1. The van der Waals surface area contributed by atoms with Crippen LogP contribution in [0.1, 0.15) is 20.8 Å². The minimum Gasteiger partial charge on any atom is -0.484 e. The van der Waals surface area contributed by atoms with Crippen LogP contribution in [0.2, 0.25) is 0 Å². The van der Waals surface area contributed by atoms with Gasteiger partial charge in [0.25, 0.3) is 5.91 Å². The Bertz CT molecular complexity index is 479. The molecule has 0 saturated heterocycles. The zero-order chi connectivity index (χ0) is 15.3. The van der Waals surface area contributed by atoms with Gasteiger partial charge in [0.2, 0.25) is 0 Å². The average Bonchev–Trinajstić information content (AvgIpc) is 2.33. The molecule has 0 heterocycles. The largest absolute Gasteiger partial charge is 0.484 e. The molecule has 0 saturated carbocycles. The van der Waals surface area contributed by atoms with Crippen LogP contribution in [0.25, 0.3) is 0 Å². The fraction of sp³-hybridized carbons (Fsp3) is 0.429. The highest BCUT2D eigenvalue weighted by Crippen LogP contribution is 2.19. The van der Waals surface area contributed by atoms with Crippen molar-refractivity contribution in [1.29, 1.82) is 0 Å². The molecule has 0 unspecified atom stereocenters. The van der Waals surface area contributed by atoms with Crippen LogP contribution in [0.4, 0.5) is 4.39 Å². The van der Waals surface area contributed by atoms with Gasteiger partial charge in [0.1, 0.15) is 17.6 Å². The van der Waals surface area contributed by atoms with Gasteiger partial charge >= 0.3 is 5.97 Å². The summed E-state index contributed by atoms with van der Waals surface area (Å²) in [5.41, 5.74) is -0.614. The van der Waals surface area contributed by atoms with Crippen LogP contribution in [-0.2, 0) is 9.59 Å². The molecule has 0 aliphatic rings. The molecular weight excluding hydrogens is 265 g/mol. The molecule has 1 aromatic carbocycles. The van der Waals surface area contributed by atoms with Crippen molar-refractivity contribution in [3.63, 3.8) is 0 Å². The summed E-state index contributed by atoms with van der Waals surface area (Å²) < 4.78 is 17.8. The number of carboxylic acid groups (broad SMARTS) is 1. The van der Waals surface area contributed by atoms with Crippen molar-refractivity contribution >= 4 is 11.9 Å². The van der Waals surface area contributed by atoms with Crippen LogP contribution < -0.4 is 10.1 Å². The maximum atomic E-state index is 12.7. The molecule has 2 N–H and O–H groups in total. The Hall–Kier alpha value is -2.11. The Labute approximate surface area is 116 Å². The number of benzene rings is 1. The summed E-state index contributed by atoms with van der Waals surface area (Å²) in [5.74, 6) is -1.71. The summed E-state index contributed by atoms with van der Waals surface area (Å²) in [7, 11) is 0. The Morgan fingerprint density at radius 1 is 1.30 bits per heavy atom. The Morgan fingerprint density at radius 3 is 2.30 bits per heavy atom. The first-order valence-corrected chi connectivity index (χ1v) is 6.10. The number of hydrogen-bond acceptors (Lipinski definition) is 3. The summed E-state index contributed by atoms with van der Waals surface area (Å²) in [6, 6.07) is 4.19. The SMILES string of the molecule is CC(C)(C)[C@H](NC(=O)COc1ccc(F)cc1)C(=O)O. The van der Waals surface area contributed by atoms with E-state index < -0.39 is 29.2 Å². The Kier molecular flexibility index (Phi) is 5.07. The maximum Gasteiger partial charge on any atom is 0.326 e. The average molecular weight is 283 g/mol. The van der Waals surface area contributed by atoms with Gasteiger partial charge in [0.05, 0.1) is 0 Å². The van der Waals surface area contributed by atoms with Crippen LogP contribution in [0.3, 0.4) is 0 Å². The van der Waals surface area contributed by atoms with Gasteiger partial charge in [-0.2, -0.15) is 0 Å². The van der Waals surface area contributed by atoms with Gasteiger partial charge < -0.3 is 15.2 Å². The van der Waals surface area contributed by atoms with Gasteiger partial charge in [0.15, 0.2) is 6.61 Å². The molecule has 1 rings (SSSR count). The van der Waals surface area contributed by atoms with Gasteiger partial charge in [0, 0.05) is 0 Å². The van der Waals surface area contributed by atoms with E-state index in [0.717, 1.165) is 0 Å². The van der Waals surface area contributed by atoms with Gasteiger partial charge in [-0.05, 0) is 29.7 Å². The zero-order valence-electron chi connectivity index (χ0n) is 11.6. The number of amides is 1. The predicted molar refractivity (Wildman–Crippen MR) is 70.9 cm³/mol. The van der Waals surface area contributed by atoms with Crippen LogP contribution in [-0.4, -0.2) is 29.6 Å². The first-order valence-electron chi connectivity index (χ1n) is 6.10. The number of carbonyl (C=O) groups is 2. The van der Waals surface area contributed by atoms with E-state index in [-0.39, 0.29) is 6.61 Å². The molecule has 0 radical (unpaired) electrons. The molecule has 20 heavy (non-hydrogen) atoms. The summed E-state index contributed by atoms with van der Waals surface area (Å²) in [6.07, 6.45) is 0. The van der Waals surface area contributed by atoms with E-state index in [1.54, 1.807) is 20.8 Å². The van der Waals surface area contributed by atoms with Crippen LogP contribution in [0.5, 0.6) is 5.75 Å². The van der Waals surface area contributed by atoms with E-state index in [2.05, 4.69) is 5.32 Å². The first kappa shape index (κ1) is 15.9. The molecular formula is C14H18FNO4. The lowest BCUT2D eigenvalue weighted by atomic mass is 9.87. The van der Waals surface area contributed by atoms with Gasteiger partial charge in [-0.15, -0.1) is 0 Å². The van der Waals surface area contributed by atoms with Crippen molar-refractivity contribution in [2.45, 2.75) is 26.8 Å². The number of nitrogens with one attached hydrogen (secondary N) is 1. The van der Waals surface area contributed by atoms with Crippen molar-refractivity contribution in [3.05, 3.63) is 30.1 Å². The summed E-state index contributed by atoms with van der Waals surface area (Å²) in [5, 5.41) is 11.5. The fourth-order valence-corrected chi connectivity index (χ4v) is 1.53. The Morgan fingerprint density at radius 2 is 1.85 bits per heavy atom. The van der Waals surface area contributed by atoms with E-state index >= 15 is 0 Å². The van der Waals surface area contributed by atoms with Crippen LogP contribution >= 0.6 is 0 Å². The number of halogens is 1. The smallest absolute Gasteiger partial charge is 0.326 e. The molecule has 6 heteroatoms. The zero-order valence-corrected chi connectivity index (χ0v) is 11.6. The highest BCUT2D eigenvalue weighted by atomic mass is 19.1. The molecule has 0 bridgehead atoms. The van der Waals surface area contributed by atoms with Crippen molar-refractivity contribution in [2.24, 2.45) is 5.41 Å². The van der Waals surface area contributed by atoms with E-state index in [0.29, 0.717) is 5.75 Å². The van der Waals surface area contributed by atoms with Gasteiger partial charge in [-0.25, -0.2) is 9.18 Å². The molecule has 110 valence electrons. The molecule has 0 spiro atoms. The van der Waals surface area contributed by atoms with Crippen molar-refractivity contribution in [1.82, 2.24) is 5.32 Å². The number of rotatable bonds is 5. The number of hydrogen-bond donors (Lipinski definition) is 2. The van der Waals surface area contributed by atoms with E-state index in [1.165, 1.54) is 24.3 Å². The van der Waals surface area contributed by atoms with Crippen molar-refractivity contribution < 1.29 is 23.8 Å². The lowest BCUT2D eigenvalue weighted by Gasteiger charge is -2.27. The molecule has 0 aliphatic carbocycles. The summed E-state index contributed by atoms with van der Waals surface area (Å²) in [6.45, 7) is 4.82. The second-order valence-electron chi connectivity index (χ2n) is 5.45. The summed E-state index contributed by atoms with van der Waals surface area (Å²) in [4.78, 5) is 22.8. The Balaban J connectivity index is 2.54. The van der Waals surface area contributed by atoms with Crippen molar-refractivity contribution in [2.75, 3.05) is 6.61 Å². The molecule has 1 amide bonds. The number of carbonyl (C=O) groups excluding carboxylic acids is 1. The standard InChI is InChI=1S/C14H18FNO4/c1-14(2,3)12(13(18)19)16-11(17)8-20-10-6-4-9(15)5-7-10/h4-7,12H,8H2,1-3H3,(H,16,17)(H,18,19)/t12-/m1/s1. The molecule has 0 aliphatic heterocycles. The quantitative estimate of drug-likeness (QED) is 0.864. The van der Waals surface area contributed by atoms with E-state index in [9.17, 15) is 14.0 Å². The third kappa shape index (κ3) is 4.87. The second kappa shape index (κ2) is 6.36. The molecule has 0 aromatic heterocycles. The van der Waals surface area contributed by atoms with E-state index in [1.807, 2.05) is 0 Å². The van der Waals surface area contributed by atoms with Crippen LogP contribution in [0, 0.1) is 11.2 Å². The van der Waals surface area contributed by atoms with E-state index in [4.69, 9.17) is 9.84 Å². The molecule has 0 fully saturated rings. The fourth-order valence-electron chi connectivity index (χ4n) is 1.53. The highest BCUT2D eigenvalue weighted by molar-refractivity contribution is 5.84. The molecule has 1 aromatic rings. The predicted octanol–water partition coefficient (Wildman–Crippen LogP) is 1.82. The topological polar surface area (TPSA) is 75.6 Å². The number of ether oxygens (including phenoxy) is 1. The maximum absolute atomic E-state index is 12.7. The molecule has 5 nitrogen and oxygen atoms in total. The monoisotopic (exact) mass is 283 g/mol. The van der Waals surface area contributed by atoms with Crippen LogP contribution in [0.15, 0.2) is 24.3 Å². The minimum absolute atomic E-state index is 0.328. The van der Waals surface area contributed by atoms with Gasteiger partial charge in [-0.1, -0.05) is 20.8 Å². The second-order valence-corrected chi connectivity index (χ2v) is 5.45. The molecule has 1 atom stereocenters. The normalized spacial score (nSPS) is 12.6. The highest BCUT2D eigenvalue weighted by Gasteiger charge is 2.32. The third-order valence-corrected chi connectivity index (χ3v) is 2.60. The number of carboxylic acids is 1. The summed E-state index contributed by atoms with van der Waals surface area (Å²) >= 11 is 0. The minimum atomic E-state index is -1.10. The van der Waals surface area contributed by atoms with Crippen molar-refractivity contribution in [3.8, 4) is 5.75 Å². The lowest BCUT2D eigenvalue weighted by Crippen LogP contribution is -2.50. The van der Waals surface area contributed by atoms with Gasteiger partial charge in [-0.3, -0.25) is 4.79 Å².